The van der Waals surface area contributed by atoms with Crippen LogP contribution in [0.4, 0.5) is 5.69 Å². The van der Waals surface area contributed by atoms with Crippen molar-refractivity contribution < 1.29 is 4.79 Å². The molecule has 6 aromatic rings. The number of rotatable bonds is 5. The van der Waals surface area contributed by atoms with Gasteiger partial charge >= 0.3 is 0 Å². The molecular weight excluding hydrogens is 466 g/mol. The Balaban J connectivity index is 1.21. The molecule has 3 aromatic carbocycles. The summed E-state index contributed by atoms with van der Waals surface area (Å²) in [5, 5.41) is 9.53. The topological polar surface area (TPSA) is 72.7 Å². The fraction of sp³-hybridized carbons (Fsp3) is 0.103. The summed E-state index contributed by atoms with van der Waals surface area (Å²) in [6, 6.07) is 26.2. The van der Waals surface area contributed by atoms with Crippen LogP contribution in [0.2, 0.25) is 0 Å². The molecule has 3 heterocycles. The van der Waals surface area contributed by atoms with Crippen LogP contribution in [0, 0.1) is 13.8 Å². The van der Waals surface area contributed by atoms with Gasteiger partial charge in [0, 0.05) is 22.8 Å². The molecule has 36 heavy (non-hydrogen) atoms. The van der Waals surface area contributed by atoms with E-state index in [2.05, 4.69) is 52.7 Å². The van der Waals surface area contributed by atoms with Crippen molar-refractivity contribution in [2.24, 2.45) is 0 Å². The predicted molar refractivity (Wildman–Crippen MR) is 146 cm³/mol. The molecule has 0 aliphatic carbocycles. The zero-order valence-electron chi connectivity index (χ0n) is 19.9. The highest BCUT2D eigenvalue weighted by Gasteiger charge is 2.16. The highest BCUT2D eigenvalue weighted by molar-refractivity contribution is 7.21. The third kappa shape index (κ3) is 4.14. The molecule has 0 fully saturated rings. The zero-order valence-corrected chi connectivity index (χ0v) is 20.7. The molecule has 0 saturated heterocycles. The predicted octanol–water partition coefficient (Wildman–Crippen LogP) is 6.63. The minimum absolute atomic E-state index is 0.0779. The summed E-state index contributed by atoms with van der Waals surface area (Å²) in [4.78, 5) is 22.2. The minimum Gasteiger partial charge on any atom is -0.324 e. The molecule has 0 bridgehead atoms. The third-order valence-electron chi connectivity index (χ3n) is 6.15. The molecule has 0 saturated carbocycles. The number of carbonyl (C=O) groups excluding carboxylic acids is 1. The van der Waals surface area contributed by atoms with Crippen LogP contribution in [-0.2, 0) is 11.3 Å². The lowest BCUT2D eigenvalue weighted by atomic mass is 10.0. The number of aryl methyl sites for hydroxylation is 2. The monoisotopic (exact) mass is 489 g/mol. The van der Waals surface area contributed by atoms with Gasteiger partial charge in [-0.25, -0.2) is 14.6 Å². The van der Waals surface area contributed by atoms with E-state index in [-0.39, 0.29) is 12.5 Å². The number of thiazole rings is 1. The number of benzene rings is 3. The van der Waals surface area contributed by atoms with Gasteiger partial charge in [0.1, 0.15) is 11.6 Å². The average molecular weight is 490 g/mol. The number of carbonyl (C=O) groups is 1. The van der Waals surface area contributed by atoms with E-state index in [1.54, 1.807) is 22.2 Å². The summed E-state index contributed by atoms with van der Waals surface area (Å²) in [6.07, 6.45) is 1.77. The van der Waals surface area contributed by atoms with Crippen molar-refractivity contribution in [3.63, 3.8) is 0 Å². The van der Waals surface area contributed by atoms with Crippen LogP contribution in [0.25, 0.3) is 42.9 Å². The molecule has 0 unspecified atom stereocenters. The Bertz CT molecular complexity index is 1720. The quantitative estimate of drug-likeness (QED) is 0.295. The Morgan fingerprint density at radius 2 is 1.75 bits per heavy atom. The maximum Gasteiger partial charge on any atom is 0.246 e. The molecule has 0 aliphatic heterocycles. The normalized spacial score (nSPS) is 11.3. The Morgan fingerprint density at radius 3 is 2.56 bits per heavy atom. The van der Waals surface area contributed by atoms with Crippen LogP contribution >= 0.6 is 11.3 Å². The second-order valence-electron chi connectivity index (χ2n) is 8.78. The molecule has 3 aromatic heterocycles. The van der Waals surface area contributed by atoms with Crippen LogP contribution in [0.3, 0.4) is 0 Å². The van der Waals surface area contributed by atoms with Crippen LogP contribution in [0.15, 0.2) is 85.1 Å². The number of fused-ring (bicyclic) bond motifs is 2. The summed E-state index contributed by atoms with van der Waals surface area (Å²) in [6.45, 7) is 4.11. The number of amides is 1. The number of hydrogen-bond acceptors (Lipinski definition) is 5. The molecular formula is C29H23N5OS. The van der Waals surface area contributed by atoms with Gasteiger partial charge in [0.15, 0.2) is 5.65 Å². The third-order valence-corrected chi connectivity index (χ3v) is 7.21. The van der Waals surface area contributed by atoms with Crippen LogP contribution < -0.4 is 5.32 Å². The van der Waals surface area contributed by atoms with Gasteiger partial charge in [-0.3, -0.25) is 4.79 Å². The Hall–Kier alpha value is -4.36. The summed E-state index contributed by atoms with van der Waals surface area (Å²) in [5.41, 5.74) is 7.69. The van der Waals surface area contributed by atoms with E-state index in [0.717, 1.165) is 44.0 Å². The Kier molecular flexibility index (Phi) is 5.54. The first-order chi connectivity index (χ1) is 17.5. The van der Waals surface area contributed by atoms with Gasteiger partial charge in [0.05, 0.1) is 15.9 Å². The molecule has 0 aliphatic rings. The fourth-order valence-electron chi connectivity index (χ4n) is 4.44. The first-order valence-electron chi connectivity index (χ1n) is 11.7. The molecule has 1 N–H and O–H groups in total. The molecule has 176 valence electrons. The van der Waals surface area contributed by atoms with Crippen LogP contribution in [0.5, 0.6) is 0 Å². The standard InChI is InChI=1S/C29H23N5OS/c1-18-8-13-24-25(16-18)36-29(32-24)21-9-11-22(12-10-21)31-26(35)17-34-28-27(19(2)33-34)23(14-15-30-28)20-6-4-3-5-7-20/h3-16H,17H2,1-2H3,(H,31,35). The second kappa shape index (κ2) is 9.02. The van der Waals surface area contributed by atoms with Crippen molar-refractivity contribution in [1.29, 1.82) is 0 Å². The number of pyridine rings is 1. The van der Waals surface area contributed by atoms with E-state index in [1.165, 1.54) is 10.3 Å². The molecule has 0 atom stereocenters. The summed E-state index contributed by atoms with van der Waals surface area (Å²) < 4.78 is 2.84. The Morgan fingerprint density at radius 1 is 0.944 bits per heavy atom. The number of hydrogen-bond donors (Lipinski definition) is 1. The first-order valence-corrected chi connectivity index (χ1v) is 12.5. The molecule has 1 amide bonds. The zero-order chi connectivity index (χ0) is 24.6. The van der Waals surface area contributed by atoms with Crippen molar-refractivity contribution in [3.05, 3.63) is 96.3 Å². The molecule has 6 nitrogen and oxygen atoms in total. The molecule has 6 rings (SSSR count). The number of anilines is 1. The lowest BCUT2D eigenvalue weighted by molar-refractivity contribution is -0.116. The van der Waals surface area contributed by atoms with E-state index < -0.39 is 0 Å². The summed E-state index contributed by atoms with van der Waals surface area (Å²) >= 11 is 1.67. The van der Waals surface area contributed by atoms with Gasteiger partial charge in [0.25, 0.3) is 0 Å². The van der Waals surface area contributed by atoms with Crippen molar-refractivity contribution in [3.8, 4) is 21.7 Å². The average Bonchev–Trinajstić information content (AvgIpc) is 3.45. The van der Waals surface area contributed by atoms with E-state index >= 15 is 0 Å². The van der Waals surface area contributed by atoms with Crippen LogP contribution in [-0.4, -0.2) is 25.7 Å². The first kappa shape index (κ1) is 22.1. The molecule has 0 spiro atoms. The lowest BCUT2D eigenvalue weighted by Crippen LogP contribution is -2.19. The van der Waals surface area contributed by atoms with Crippen molar-refractivity contribution in [2.75, 3.05) is 5.32 Å². The van der Waals surface area contributed by atoms with E-state index in [9.17, 15) is 4.79 Å². The van der Waals surface area contributed by atoms with Gasteiger partial charge < -0.3 is 5.32 Å². The number of nitrogens with one attached hydrogen (secondary N) is 1. The maximum absolute atomic E-state index is 12.9. The molecule has 7 heteroatoms. The number of nitrogens with zero attached hydrogens (tertiary/aromatic N) is 4. The lowest BCUT2D eigenvalue weighted by Gasteiger charge is -2.07. The minimum atomic E-state index is -0.158. The largest absolute Gasteiger partial charge is 0.324 e. The highest BCUT2D eigenvalue weighted by atomic mass is 32.1. The van der Waals surface area contributed by atoms with Gasteiger partial charge in [-0.1, -0.05) is 36.4 Å². The van der Waals surface area contributed by atoms with E-state index in [4.69, 9.17) is 4.98 Å². The van der Waals surface area contributed by atoms with Crippen molar-refractivity contribution in [2.45, 2.75) is 20.4 Å². The van der Waals surface area contributed by atoms with Gasteiger partial charge in [-0.15, -0.1) is 11.3 Å². The van der Waals surface area contributed by atoms with Crippen LogP contribution in [0.1, 0.15) is 11.3 Å². The summed E-state index contributed by atoms with van der Waals surface area (Å²) in [5.74, 6) is -0.158. The fourth-order valence-corrected chi connectivity index (χ4v) is 5.51. The van der Waals surface area contributed by atoms with Gasteiger partial charge in [-0.05, 0) is 73.0 Å². The van der Waals surface area contributed by atoms with Gasteiger partial charge in [-0.2, -0.15) is 5.10 Å². The smallest absolute Gasteiger partial charge is 0.246 e. The molecule has 0 radical (unpaired) electrons. The number of aromatic nitrogens is 4. The van der Waals surface area contributed by atoms with Crippen molar-refractivity contribution in [1.82, 2.24) is 19.7 Å². The van der Waals surface area contributed by atoms with E-state index in [1.807, 2.05) is 55.5 Å². The Labute approximate surface area is 212 Å². The second-order valence-corrected chi connectivity index (χ2v) is 9.81. The SMILES string of the molecule is Cc1ccc2nc(-c3ccc(NC(=O)Cn4nc(C)c5c(-c6ccccc6)ccnc54)cc3)sc2c1. The van der Waals surface area contributed by atoms with Crippen molar-refractivity contribution >= 4 is 44.2 Å². The highest BCUT2D eigenvalue weighted by Crippen LogP contribution is 2.32. The van der Waals surface area contributed by atoms with E-state index in [0.29, 0.717) is 5.65 Å². The summed E-state index contributed by atoms with van der Waals surface area (Å²) in [7, 11) is 0. The van der Waals surface area contributed by atoms with Gasteiger partial charge in [0.2, 0.25) is 5.91 Å². The maximum atomic E-state index is 12.9.